The molecule has 1 fully saturated rings. The Morgan fingerprint density at radius 1 is 1.26 bits per heavy atom. The lowest BCUT2D eigenvalue weighted by molar-refractivity contribution is 0.0980. The number of sulfonamides is 1. The molecule has 0 spiro atoms. The number of carbonyl (C=O) groups excluding carboxylic acids is 1. The minimum Gasteiger partial charge on any atom is -0.268 e. The van der Waals surface area contributed by atoms with Crippen LogP contribution in [0.15, 0.2) is 18.5 Å². The second kappa shape index (κ2) is 5.64. The van der Waals surface area contributed by atoms with Crippen molar-refractivity contribution < 1.29 is 17.6 Å². The zero-order valence-electron chi connectivity index (χ0n) is 10.3. The highest BCUT2D eigenvalue weighted by molar-refractivity contribution is 7.90. The molecule has 104 valence electrons. The van der Waals surface area contributed by atoms with Crippen LogP contribution in [0.5, 0.6) is 0 Å². The number of rotatable bonds is 3. The minimum atomic E-state index is -3.69. The third kappa shape index (κ3) is 3.50. The van der Waals surface area contributed by atoms with Gasteiger partial charge in [0.2, 0.25) is 10.0 Å². The maximum absolute atomic E-state index is 12.9. The average Bonchev–Trinajstić information content (AvgIpc) is 2.39. The van der Waals surface area contributed by atoms with Crippen LogP contribution in [0, 0.1) is 5.82 Å². The van der Waals surface area contributed by atoms with Crippen LogP contribution >= 0.6 is 0 Å². The lowest BCUT2D eigenvalue weighted by atomic mass is 10.0. The summed E-state index contributed by atoms with van der Waals surface area (Å²) in [6.45, 7) is 0. The number of amides is 1. The summed E-state index contributed by atoms with van der Waals surface area (Å²) in [5.41, 5.74) is -0.0978. The van der Waals surface area contributed by atoms with Crippen LogP contribution in [0.3, 0.4) is 0 Å². The van der Waals surface area contributed by atoms with Crippen molar-refractivity contribution in [2.45, 2.75) is 37.4 Å². The molecule has 1 aliphatic carbocycles. The van der Waals surface area contributed by atoms with Crippen LogP contribution in [-0.4, -0.2) is 24.6 Å². The van der Waals surface area contributed by atoms with Crippen molar-refractivity contribution in [1.82, 2.24) is 9.71 Å². The predicted molar refractivity (Wildman–Crippen MR) is 67.5 cm³/mol. The molecule has 7 heteroatoms. The minimum absolute atomic E-state index is 0.0978. The number of pyridine rings is 1. The highest BCUT2D eigenvalue weighted by Gasteiger charge is 2.29. The van der Waals surface area contributed by atoms with Gasteiger partial charge in [0, 0.05) is 6.20 Å². The van der Waals surface area contributed by atoms with Crippen LogP contribution in [0.4, 0.5) is 4.39 Å². The van der Waals surface area contributed by atoms with Gasteiger partial charge in [-0.1, -0.05) is 19.3 Å². The second-order valence-corrected chi connectivity index (χ2v) is 6.59. The highest BCUT2D eigenvalue weighted by atomic mass is 32.2. The maximum atomic E-state index is 12.9. The topological polar surface area (TPSA) is 76.1 Å². The summed E-state index contributed by atoms with van der Waals surface area (Å²) in [5.74, 6) is -1.51. The molecule has 0 aromatic carbocycles. The smallest absolute Gasteiger partial charge is 0.266 e. The molecule has 0 atom stereocenters. The van der Waals surface area contributed by atoms with E-state index >= 15 is 0 Å². The molecule has 1 aromatic heterocycles. The SMILES string of the molecule is O=C(NS(=O)(=O)C1CCCCC1)c1cncc(F)c1. The molecule has 1 aliphatic rings. The molecule has 0 aliphatic heterocycles. The van der Waals surface area contributed by atoms with Gasteiger partial charge in [0.1, 0.15) is 5.82 Å². The van der Waals surface area contributed by atoms with E-state index in [1.165, 1.54) is 0 Å². The Kier molecular flexibility index (Phi) is 4.14. The van der Waals surface area contributed by atoms with Crippen LogP contribution in [0.2, 0.25) is 0 Å². The summed E-state index contributed by atoms with van der Waals surface area (Å²) in [7, 11) is -3.69. The third-order valence-electron chi connectivity index (χ3n) is 3.19. The number of hydrogen-bond acceptors (Lipinski definition) is 4. The van der Waals surface area contributed by atoms with Crippen molar-refractivity contribution in [3.63, 3.8) is 0 Å². The van der Waals surface area contributed by atoms with Gasteiger partial charge in [0.15, 0.2) is 0 Å². The molecule has 1 N–H and O–H groups in total. The van der Waals surface area contributed by atoms with Crippen LogP contribution in [0.25, 0.3) is 0 Å². The van der Waals surface area contributed by atoms with E-state index in [0.29, 0.717) is 12.8 Å². The van der Waals surface area contributed by atoms with E-state index in [1.807, 2.05) is 4.72 Å². The van der Waals surface area contributed by atoms with E-state index in [-0.39, 0.29) is 5.56 Å². The van der Waals surface area contributed by atoms with E-state index in [0.717, 1.165) is 37.7 Å². The van der Waals surface area contributed by atoms with Gasteiger partial charge in [0.25, 0.3) is 5.91 Å². The summed E-state index contributed by atoms with van der Waals surface area (Å²) in [6.07, 6.45) is 5.92. The number of hydrogen-bond donors (Lipinski definition) is 1. The predicted octanol–water partition coefficient (Wildman–Crippen LogP) is 1.61. The quantitative estimate of drug-likeness (QED) is 0.916. The van der Waals surface area contributed by atoms with Crippen molar-refractivity contribution >= 4 is 15.9 Å². The Morgan fingerprint density at radius 3 is 2.58 bits per heavy atom. The number of halogens is 1. The largest absolute Gasteiger partial charge is 0.268 e. The molecule has 0 saturated heterocycles. The molecule has 0 bridgehead atoms. The first kappa shape index (κ1) is 13.9. The van der Waals surface area contributed by atoms with Crippen LogP contribution < -0.4 is 4.72 Å². The first-order chi connectivity index (χ1) is 8.99. The molecule has 1 saturated carbocycles. The Balaban J connectivity index is 2.09. The number of nitrogens with zero attached hydrogens (tertiary/aromatic N) is 1. The van der Waals surface area contributed by atoms with E-state index < -0.39 is 27.0 Å². The monoisotopic (exact) mass is 286 g/mol. The van der Waals surface area contributed by atoms with Gasteiger partial charge in [-0.2, -0.15) is 0 Å². The van der Waals surface area contributed by atoms with E-state index in [4.69, 9.17) is 0 Å². The molecule has 0 unspecified atom stereocenters. The Labute approximate surface area is 111 Å². The molecule has 1 aromatic rings. The zero-order valence-corrected chi connectivity index (χ0v) is 11.1. The van der Waals surface area contributed by atoms with Gasteiger partial charge in [-0.05, 0) is 18.9 Å². The summed E-state index contributed by atoms with van der Waals surface area (Å²) >= 11 is 0. The highest BCUT2D eigenvalue weighted by Crippen LogP contribution is 2.23. The van der Waals surface area contributed by atoms with Crippen molar-refractivity contribution in [1.29, 1.82) is 0 Å². The van der Waals surface area contributed by atoms with Crippen molar-refractivity contribution in [2.24, 2.45) is 0 Å². The summed E-state index contributed by atoms with van der Waals surface area (Å²) in [5, 5.41) is -0.535. The van der Waals surface area contributed by atoms with E-state index in [9.17, 15) is 17.6 Å². The summed E-state index contributed by atoms with van der Waals surface area (Å²) in [6, 6.07) is 0.957. The zero-order chi connectivity index (χ0) is 13.9. The number of carbonyl (C=O) groups is 1. The van der Waals surface area contributed by atoms with E-state index in [2.05, 4.69) is 4.98 Å². The standard InChI is InChI=1S/C12H15FN2O3S/c13-10-6-9(7-14-8-10)12(16)15-19(17,18)11-4-2-1-3-5-11/h6-8,11H,1-5H2,(H,15,16). The number of aromatic nitrogens is 1. The first-order valence-electron chi connectivity index (χ1n) is 6.15. The van der Waals surface area contributed by atoms with Gasteiger partial charge in [-0.25, -0.2) is 17.5 Å². The van der Waals surface area contributed by atoms with Crippen LogP contribution in [-0.2, 0) is 10.0 Å². The Bertz CT molecular complexity index is 568. The molecule has 0 radical (unpaired) electrons. The fourth-order valence-electron chi connectivity index (χ4n) is 2.18. The van der Waals surface area contributed by atoms with Gasteiger partial charge in [0.05, 0.1) is 17.0 Å². The second-order valence-electron chi connectivity index (χ2n) is 4.63. The molecular formula is C12H15FN2O3S. The van der Waals surface area contributed by atoms with Crippen molar-refractivity contribution in [3.05, 3.63) is 29.8 Å². The molecule has 2 rings (SSSR count). The van der Waals surface area contributed by atoms with Gasteiger partial charge in [-0.15, -0.1) is 0 Å². The van der Waals surface area contributed by atoms with E-state index in [1.54, 1.807) is 0 Å². The number of nitrogens with one attached hydrogen (secondary N) is 1. The fraction of sp³-hybridized carbons (Fsp3) is 0.500. The van der Waals surface area contributed by atoms with Gasteiger partial charge < -0.3 is 0 Å². The van der Waals surface area contributed by atoms with Gasteiger partial charge in [-0.3, -0.25) is 9.78 Å². The van der Waals surface area contributed by atoms with Crippen molar-refractivity contribution in [2.75, 3.05) is 0 Å². The third-order valence-corrected chi connectivity index (χ3v) is 5.01. The Hall–Kier alpha value is -1.50. The lowest BCUT2D eigenvalue weighted by Gasteiger charge is -2.21. The Morgan fingerprint density at radius 2 is 1.95 bits per heavy atom. The fourth-order valence-corrected chi connectivity index (χ4v) is 3.68. The molecular weight excluding hydrogens is 271 g/mol. The van der Waals surface area contributed by atoms with Gasteiger partial charge >= 0.3 is 0 Å². The maximum Gasteiger partial charge on any atom is 0.266 e. The molecule has 1 amide bonds. The summed E-state index contributed by atoms with van der Waals surface area (Å²) < 4.78 is 38.9. The molecule has 1 heterocycles. The molecule has 5 nitrogen and oxygen atoms in total. The molecule has 19 heavy (non-hydrogen) atoms. The summed E-state index contributed by atoms with van der Waals surface area (Å²) in [4.78, 5) is 15.3. The van der Waals surface area contributed by atoms with Crippen LogP contribution in [0.1, 0.15) is 42.5 Å². The van der Waals surface area contributed by atoms with Crippen molar-refractivity contribution in [3.8, 4) is 0 Å². The first-order valence-corrected chi connectivity index (χ1v) is 7.70. The normalized spacial score (nSPS) is 17.1. The average molecular weight is 286 g/mol. The lowest BCUT2D eigenvalue weighted by Crippen LogP contribution is -2.39.